The molecule has 0 spiro atoms. The van der Waals surface area contributed by atoms with E-state index in [1.807, 2.05) is 36.0 Å². The molecule has 0 aliphatic rings. The number of nitriles is 1. The minimum atomic E-state index is 0.334. The van der Waals surface area contributed by atoms with Crippen LogP contribution in [-0.2, 0) is 19.9 Å². The zero-order chi connectivity index (χ0) is 13.7. The number of hydrogen-bond acceptors (Lipinski definition) is 4. The van der Waals surface area contributed by atoms with E-state index in [2.05, 4.69) is 16.4 Å². The molecule has 1 aromatic heterocycles. The Bertz CT molecular complexity index is 594. The van der Waals surface area contributed by atoms with Gasteiger partial charge in [0.25, 0.3) is 0 Å². The summed E-state index contributed by atoms with van der Waals surface area (Å²) in [5.41, 5.74) is 8.32. The Balaban J connectivity index is 1.95. The summed E-state index contributed by atoms with van der Waals surface area (Å²) < 4.78 is 2.01. The molecule has 1 aromatic carbocycles. The molecule has 19 heavy (non-hydrogen) atoms. The highest BCUT2D eigenvalue weighted by atomic mass is 15.0. The van der Waals surface area contributed by atoms with E-state index in [-0.39, 0.29) is 0 Å². The average molecular weight is 255 g/mol. The number of nitrogens with two attached hydrogens (primary N) is 1. The maximum atomic E-state index is 8.73. The number of rotatable bonds is 5. The quantitative estimate of drug-likeness (QED) is 0.797. The molecular formula is C14H17N5. The third kappa shape index (κ3) is 3.26. The van der Waals surface area contributed by atoms with Crippen molar-refractivity contribution in [3.05, 3.63) is 42.0 Å². The van der Waals surface area contributed by atoms with Crippen molar-refractivity contribution >= 4 is 11.4 Å². The highest BCUT2D eigenvalue weighted by Crippen LogP contribution is 2.18. The number of anilines is 2. The molecule has 0 saturated carbocycles. The molecule has 0 amide bonds. The molecule has 2 rings (SSSR count). The fraction of sp³-hybridized carbons (Fsp3) is 0.286. The molecule has 0 bridgehead atoms. The molecule has 0 saturated heterocycles. The number of aromatic nitrogens is 2. The number of nitrogens with one attached hydrogen (secondary N) is 1. The van der Waals surface area contributed by atoms with Crippen LogP contribution in [0.5, 0.6) is 0 Å². The standard InChI is InChI=1S/C14H17N5/c1-19-9-8-18-14(19)5-7-17-12-2-3-13(16)11(10-12)4-6-15/h2-3,8-10,17H,4-5,7,16H2,1H3. The maximum Gasteiger partial charge on any atom is 0.110 e. The summed E-state index contributed by atoms with van der Waals surface area (Å²) >= 11 is 0. The van der Waals surface area contributed by atoms with Crippen LogP contribution in [0.25, 0.3) is 0 Å². The first-order valence-electron chi connectivity index (χ1n) is 6.16. The van der Waals surface area contributed by atoms with Gasteiger partial charge in [0.15, 0.2) is 0 Å². The maximum absolute atomic E-state index is 8.73. The van der Waals surface area contributed by atoms with Crippen molar-refractivity contribution in [3.63, 3.8) is 0 Å². The second kappa shape index (κ2) is 5.91. The van der Waals surface area contributed by atoms with Crippen molar-refractivity contribution < 1.29 is 0 Å². The first-order chi connectivity index (χ1) is 9.20. The van der Waals surface area contributed by atoms with Crippen LogP contribution in [0.4, 0.5) is 11.4 Å². The molecule has 5 heteroatoms. The van der Waals surface area contributed by atoms with Crippen LogP contribution in [0.1, 0.15) is 11.4 Å². The van der Waals surface area contributed by atoms with Crippen LogP contribution >= 0.6 is 0 Å². The Kier molecular flexibility index (Phi) is 4.04. The average Bonchev–Trinajstić information content (AvgIpc) is 2.79. The number of hydrogen-bond donors (Lipinski definition) is 2. The van der Waals surface area contributed by atoms with Gasteiger partial charge < -0.3 is 15.6 Å². The van der Waals surface area contributed by atoms with E-state index < -0.39 is 0 Å². The van der Waals surface area contributed by atoms with E-state index in [1.165, 1.54) is 0 Å². The number of aryl methyl sites for hydroxylation is 1. The minimum absolute atomic E-state index is 0.334. The molecule has 0 fully saturated rings. The van der Waals surface area contributed by atoms with Gasteiger partial charge in [-0.15, -0.1) is 0 Å². The molecule has 2 aromatic rings. The molecule has 98 valence electrons. The summed E-state index contributed by atoms with van der Waals surface area (Å²) in [6.07, 6.45) is 4.91. The van der Waals surface area contributed by atoms with Crippen molar-refractivity contribution in [1.29, 1.82) is 5.26 Å². The Morgan fingerprint density at radius 2 is 2.32 bits per heavy atom. The van der Waals surface area contributed by atoms with Gasteiger partial charge in [0.05, 0.1) is 12.5 Å². The molecule has 0 aliphatic carbocycles. The molecule has 5 nitrogen and oxygen atoms in total. The van der Waals surface area contributed by atoms with Gasteiger partial charge >= 0.3 is 0 Å². The van der Waals surface area contributed by atoms with Gasteiger partial charge in [-0.25, -0.2) is 4.98 Å². The van der Waals surface area contributed by atoms with Crippen LogP contribution < -0.4 is 11.1 Å². The van der Waals surface area contributed by atoms with Crippen molar-refractivity contribution in [2.24, 2.45) is 7.05 Å². The molecule has 0 radical (unpaired) electrons. The third-order valence-corrected chi connectivity index (χ3v) is 3.01. The number of nitrogen functional groups attached to an aromatic ring is 1. The fourth-order valence-corrected chi connectivity index (χ4v) is 1.91. The third-order valence-electron chi connectivity index (χ3n) is 3.01. The first kappa shape index (κ1) is 13.0. The zero-order valence-electron chi connectivity index (χ0n) is 10.9. The predicted molar refractivity (Wildman–Crippen MR) is 75.6 cm³/mol. The van der Waals surface area contributed by atoms with Gasteiger partial charge in [0.2, 0.25) is 0 Å². The Labute approximate surface area is 112 Å². The Morgan fingerprint density at radius 1 is 1.47 bits per heavy atom. The van der Waals surface area contributed by atoms with E-state index >= 15 is 0 Å². The summed E-state index contributed by atoms with van der Waals surface area (Å²) in [6, 6.07) is 7.80. The molecule has 0 aliphatic heterocycles. The first-order valence-corrected chi connectivity index (χ1v) is 6.16. The predicted octanol–water partition coefficient (Wildman–Crippen LogP) is 1.72. The molecule has 0 unspecified atom stereocenters. The number of nitrogens with zero attached hydrogens (tertiary/aromatic N) is 3. The van der Waals surface area contributed by atoms with E-state index in [1.54, 1.807) is 6.20 Å². The van der Waals surface area contributed by atoms with Crippen LogP contribution in [-0.4, -0.2) is 16.1 Å². The van der Waals surface area contributed by atoms with Crippen molar-refractivity contribution in [2.75, 3.05) is 17.6 Å². The fourth-order valence-electron chi connectivity index (χ4n) is 1.91. The lowest BCUT2D eigenvalue weighted by atomic mass is 10.1. The van der Waals surface area contributed by atoms with Crippen molar-refractivity contribution in [3.8, 4) is 6.07 Å². The second-order valence-corrected chi connectivity index (χ2v) is 4.38. The van der Waals surface area contributed by atoms with E-state index in [4.69, 9.17) is 11.0 Å². The van der Waals surface area contributed by atoms with Crippen molar-refractivity contribution in [2.45, 2.75) is 12.8 Å². The largest absolute Gasteiger partial charge is 0.398 e. The minimum Gasteiger partial charge on any atom is -0.398 e. The summed E-state index contributed by atoms with van der Waals surface area (Å²) in [6.45, 7) is 0.792. The number of imidazole rings is 1. The Hall–Kier alpha value is -2.48. The lowest BCUT2D eigenvalue weighted by Crippen LogP contribution is -2.09. The number of benzene rings is 1. The second-order valence-electron chi connectivity index (χ2n) is 4.38. The molecule has 0 atom stereocenters. The summed E-state index contributed by atoms with van der Waals surface area (Å²) in [5.74, 6) is 1.04. The lowest BCUT2D eigenvalue weighted by Gasteiger charge is -2.09. The van der Waals surface area contributed by atoms with Gasteiger partial charge in [-0.2, -0.15) is 5.26 Å². The van der Waals surface area contributed by atoms with Crippen LogP contribution in [0, 0.1) is 11.3 Å². The molecule has 1 heterocycles. The smallest absolute Gasteiger partial charge is 0.110 e. The van der Waals surface area contributed by atoms with E-state index in [0.717, 1.165) is 30.0 Å². The summed E-state index contributed by atoms with van der Waals surface area (Å²) in [7, 11) is 1.98. The SMILES string of the molecule is Cn1ccnc1CCNc1ccc(N)c(CC#N)c1. The molecule has 3 N–H and O–H groups in total. The monoisotopic (exact) mass is 255 g/mol. The van der Waals surface area contributed by atoms with Gasteiger partial charge in [0.1, 0.15) is 5.82 Å². The van der Waals surface area contributed by atoms with Crippen molar-refractivity contribution in [1.82, 2.24) is 9.55 Å². The molecular weight excluding hydrogens is 238 g/mol. The summed E-state index contributed by atoms with van der Waals surface area (Å²) in [4.78, 5) is 4.27. The van der Waals surface area contributed by atoms with Crippen LogP contribution in [0.3, 0.4) is 0 Å². The van der Waals surface area contributed by atoms with Gasteiger partial charge in [0, 0.05) is 43.8 Å². The topological polar surface area (TPSA) is 79.7 Å². The van der Waals surface area contributed by atoms with E-state index in [9.17, 15) is 0 Å². The summed E-state index contributed by atoms with van der Waals surface area (Å²) in [5, 5.41) is 12.0. The zero-order valence-corrected chi connectivity index (χ0v) is 10.9. The van der Waals surface area contributed by atoms with Gasteiger partial charge in [-0.1, -0.05) is 0 Å². The normalized spacial score (nSPS) is 10.1. The van der Waals surface area contributed by atoms with Gasteiger partial charge in [-0.05, 0) is 23.8 Å². The van der Waals surface area contributed by atoms with Gasteiger partial charge in [-0.3, -0.25) is 0 Å². The van der Waals surface area contributed by atoms with Crippen LogP contribution in [0.15, 0.2) is 30.6 Å². The van der Waals surface area contributed by atoms with E-state index in [0.29, 0.717) is 12.1 Å². The highest BCUT2D eigenvalue weighted by molar-refractivity contribution is 5.58. The highest BCUT2D eigenvalue weighted by Gasteiger charge is 2.02. The lowest BCUT2D eigenvalue weighted by molar-refractivity contribution is 0.789. The van der Waals surface area contributed by atoms with Crippen LogP contribution in [0.2, 0.25) is 0 Å². The Morgan fingerprint density at radius 3 is 3.00 bits per heavy atom.